The summed E-state index contributed by atoms with van der Waals surface area (Å²) < 4.78 is 26.7. The number of hydrogen-bond acceptors (Lipinski definition) is 2. The van der Waals surface area contributed by atoms with Gasteiger partial charge in [-0.05, 0) is 24.0 Å². The topological polar surface area (TPSA) is 66.4 Å². The van der Waals surface area contributed by atoms with E-state index < -0.39 is 35.0 Å². The molecule has 0 aliphatic heterocycles. The Hall–Kier alpha value is -1.98. The minimum atomic E-state index is -1.22. The summed E-state index contributed by atoms with van der Waals surface area (Å²) in [6.45, 7) is 6.30. The van der Waals surface area contributed by atoms with Gasteiger partial charge in [0.25, 0.3) is 5.91 Å². The lowest BCUT2D eigenvalue weighted by Gasteiger charge is -2.27. The summed E-state index contributed by atoms with van der Waals surface area (Å²) >= 11 is 0. The fourth-order valence-electron chi connectivity index (χ4n) is 1.69. The molecule has 6 heteroatoms. The van der Waals surface area contributed by atoms with E-state index in [9.17, 15) is 18.4 Å². The van der Waals surface area contributed by atoms with Crippen LogP contribution in [0.5, 0.6) is 0 Å². The summed E-state index contributed by atoms with van der Waals surface area (Å²) in [4.78, 5) is 23.1. The maximum Gasteiger partial charge on any atom is 0.326 e. The lowest BCUT2D eigenvalue weighted by Crippen LogP contribution is -2.49. The van der Waals surface area contributed by atoms with E-state index >= 15 is 0 Å². The molecular weight excluding hydrogens is 268 g/mol. The van der Waals surface area contributed by atoms with Gasteiger partial charge in [0, 0.05) is 6.07 Å². The predicted molar refractivity (Wildman–Crippen MR) is 69.4 cm³/mol. The van der Waals surface area contributed by atoms with Crippen molar-refractivity contribution >= 4 is 11.9 Å². The average Bonchev–Trinajstić information content (AvgIpc) is 2.28. The lowest BCUT2D eigenvalue weighted by molar-refractivity contribution is -0.142. The van der Waals surface area contributed by atoms with Gasteiger partial charge < -0.3 is 10.4 Å². The van der Waals surface area contributed by atoms with Crippen molar-refractivity contribution in [3.05, 3.63) is 34.9 Å². The fraction of sp³-hybridized carbons (Fsp3) is 0.429. The maximum atomic E-state index is 13.6. The third-order valence-electron chi connectivity index (χ3n) is 2.88. The van der Waals surface area contributed by atoms with Gasteiger partial charge in [0.05, 0.1) is 5.56 Å². The third kappa shape index (κ3) is 3.53. The van der Waals surface area contributed by atoms with E-state index in [1.54, 1.807) is 20.8 Å². The highest BCUT2D eigenvalue weighted by Crippen LogP contribution is 2.21. The van der Waals surface area contributed by atoms with Crippen LogP contribution in [0.1, 0.15) is 36.7 Å². The summed E-state index contributed by atoms with van der Waals surface area (Å²) in [6, 6.07) is 0.485. The molecule has 0 spiro atoms. The third-order valence-corrected chi connectivity index (χ3v) is 2.88. The first-order chi connectivity index (χ1) is 9.04. The molecule has 20 heavy (non-hydrogen) atoms. The van der Waals surface area contributed by atoms with Gasteiger partial charge in [-0.3, -0.25) is 4.79 Å². The number of carbonyl (C=O) groups excluding carboxylic acids is 1. The number of rotatable bonds is 3. The van der Waals surface area contributed by atoms with Crippen LogP contribution in [0.25, 0.3) is 0 Å². The summed E-state index contributed by atoms with van der Waals surface area (Å²) in [5.74, 6) is -3.88. The monoisotopic (exact) mass is 285 g/mol. The van der Waals surface area contributed by atoms with Gasteiger partial charge in [-0.25, -0.2) is 13.6 Å². The zero-order valence-corrected chi connectivity index (χ0v) is 11.8. The van der Waals surface area contributed by atoms with Crippen LogP contribution in [0.2, 0.25) is 0 Å². The molecule has 2 N–H and O–H groups in total. The lowest BCUT2D eigenvalue weighted by atomic mass is 9.86. The van der Waals surface area contributed by atoms with E-state index in [0.717, 1.165) is 6.07 Å². The van der Waals surface area contributed by atoms with E-state index in [-0.39, 0.29) is 11.1 Å². The van der Waals surface area contributed by atoms with E-state index in [2.05, 4.69) is 5.32 Å². The van der Waals surface area contributed by atoms with Crippen LogP contribution in [-0.4, -0.2) is 23.0 Å². The Labute approximate surface area is 115 Å². The highest BCUT2D eigenvalue weighted by molar-refractivity contribution is 5.97. The number of hydrogen-bond donors (Lipinski definition) is 2. The van der Waals surface area contributed by atoms with Gasteiger partial charge >= 0.3 is 5.97 Å². The van der Waals surface area contributed by atoms with Crippen molar-refractivity contribution in [2.45, 2.75) is 33.7 Å². The molecule has 0 aliphatic rings. The maximum absolute atomic E-state index is 13.6. The van der Waals surface area contributed by atoms with Crippen LogP contribution in [0.3, 0.4) is 0 Å². The number of halogens is 2. The molecule has 0 aromatic heterocycles. The van der Waals surface area contributed by atoms with Gasteiger partial charge in [0.2, 0.25) is 0 Å². The van der Waals surface area contributed by atoms with E-state index in [1.165, 1.54) is 6.92 Å². The van der Waals surface area contributed by atoms with Crippen molar-refractivity contribution in [1.82, 2.24) is 5.32 Å². The fourth-order valence-corrected chi connectivity index (χ4v) is 1.69. The average molecular weight is 285 g/mol. The molecule has 1 amide bonds. The molecule has 1 rings (SSSR count). The van der Waals surface area contributed by atoms with Crippen molar-refractivity contribution in [2.24, 2.45) is 5.41 Å². The molecule has 0 saturated heterocycles. The Bertz CT molecular complexity index is 550. The number of carboxylic acid groups (broad SMARTS) is 1. The zero-order valence-electron chi connectivity index (χ0n) is 11.8. The highest BCUT2D eigenvalue weighted by Gasteiger charge is 2.33. The number of nitrogens with one attached hydrogen (secondary N) is 1. The van der Waals surface area contributed by atoms with E-state index in [1.807, 2.05) is 0 Å². The van der Waals surface area contributed by atoms with Crippen molar-refractivity contribution in [1.29, 1.82) is 0 Å². The Morgan fingerprint density at radius 1 is 1.20 bits per heavy atom. The van der Waals surface area contributed by atoms with Crippen LogP contribution < -0.4 is 5.32 Å². The molecule has 0 saturated carbocycles. The van der Waals surface area contributed by atoms with Crippen molar-refractivity contribution in [3.63, 3.8) is 0 Å². The van der Waals surface area contributed by atoms with Crippen LogP contribution in [0.15, 0.2) is 12.1 Å². The molecule has 0 heterocycles. The number of carboxylic acids is 1. The second kappa shape index (κ2) is 5.56. The van der Waals surface area contributed by atoms with Gasteiger partial charge in [-0.2, -0.15) is 0 Å². The molecule has 1 unspecified atom stereocenters. The first-order valence-corrected chi connectivity index (χ1v) is 6.03. The Kier molecular flexibility index (Phi) is 4.47. The number of benzene rings is 1. The predicted octanol–water partition coefficient (Wildman–Crippen LogP) is 2.50. The molecule has 0 aliphatic carbocycles. The second-order valence-electron chi connectivity index (χ2n) is 5.69. The quantitative estimate of drug-likeness (QED) is 0.896. The molecule has 0 bridgehead atoms. The van der Waals surface area contributed by atoms with Crippen LogP contribution in [0, 0.1) is 24.0 Å². The smallest absolute Gasteiger partial charge is 0.326 e. The molecule has 0 radical (unpaired) electrons. The van der Waals surface area contributed by atoms with Crippen molar-refractivity contribution in [3.8, 4) is 0 Å². The standard InChI is InChI=1S/C14H17F2NO3/c1-7-5-8(10(16)6-9(7)15)12(18)17-11(13(19)20)14(2,3)4/h5-6,11H,1-4H3,(H,17,18)(H,19,20). The van der Waals surface area contributed by atoms with Gasteiger partial charge in [0.1, 0.15) is 17.7 Å². The van der Waals surface area contributed by atoms with Gasteiger partial charge in [-0.1, -0.05) is 20.8 Å². The first-order valence-electron chi connectivity index (χ1n) is 6.03. The molecule has 4 nitrogen and oxygen atoms in total. The van der Waals surface area contributed by atoms with Gasteiger partial charge in [0.15, 0.2) is 0 Å². The van der Waals surface area contributed by atoms with Crippen LogP contribution in [-0.2, 0) is 4.79 Å². The first kappa shape index (κ1) is 16.1. The van der Waals surface area contributed by atoms with Crippen LogP contribution in [0.4, 0.5) is 8.78 Å². The molecule has 0 fully saturated rings. The molecule has 1 atom stereocenters. The van der Waals surface area contributed by atoms with Crippen LogP contribution >= 0.6 is 0 Å². The van der Waals surface area contributed by atoms with E-state index in [0.29, 0.717) is 6.07 Å². The Morgan fingerprint density at radius 2 is 1.75 bits per heavy atom. The van der Waals surface area contributed by atoms with Crippen molar-refractivity contribution in [2.75, 3.05) is 0 Å². The molecular formula is C14H17F2NO3. The second-order valence-corrected chi connectivity index (χ2v) is 5.69. The SMILES string of the molecule is Cc1cc(C(=O)NC(C(=O)O)C(C)(C)C)c(F)cc1F. The molecule has 1 aromatic rings. The minimum Gasteiger partial charge on any atom is -0.480 e. The normalized spacial score (nSPS) is 12.9. The number of carbonyl (C=O) groups is 2. The largest absolute Gasteiger partial charge is 0.480 e. The summed E-state index contributed by atoms with van der Waals surface area (Å²) in [7, 11) is 0. The Morgan fingerprint density at radius 3 is 2.20 bits per heavy atom. The summed E-state index contributed by atoms with van der Waals surface area (Å²) in [5, 5.41) is 11.4. The number of amides is 1. The van der Waals surface area contributed by atoms with Gasteiger partial charge in [-0.15, -0.1) is 0 Å². The highest BCUT2D eigenvalue weighted by atomic mass is 19.1. The molecule has 1 aromatic carbocycles. The Balaban J connectivity index is 3.07. The number of aliphatic carboxylic acids is 1. The zero-order chi connectivity index (χ0) is 15.7. The number of aryl methyl sites for hydroxylation is 1. The summed E-state index contributed by atoms with van der Waals surface area (Å²) in [6.07, 6.45) is 0. The summed E-state index contributed by atoms with van der Waals surface area (Å²) in [5.41, 5.74) is -1.01. The van der Waals surface area contributed by atoms with Crippen molar-refractivity contribution < 1.29 is 23.5 Å². The minimum absolute atomic E-state index is 0.110. The molecule has 110 valence electrons. The van der Waals surface area contributed by atoms with E-state index in [4.69, 9.17) is 5.11 Å².